The van der Waals surface area contributed by atoms with E-state index in [2.05, 4.69) is 19.6 Å². The van der Waals surface area contributed by atoms with Crippen molar-refractivity contribution in [1.29, 1.82) is 0 Å². The summed E-state index contributed by atoms with van der Waals surface area (Å²) in [5.74, 6) is 0. The summed E-state index contributed by atoms with van der Waals surface area (Å²) in [5.41, 5.74) is 6.01. The minimum atomic E-state index is -2.69. The Bertz CT molecular complexity index is 191. The van der Waals surface area contributed by atoms with E-state index >= 15 is 0 Å². The molecule has 0 amide bonds. The fourth-order valence-electron chi connectivity index (χ4n) is 1.47. The van der Waals surface area contributed by atoms with Crippen molar-refractivity contribution in [2.75, 3.05) is 13.2 Å². The molecule has 0 aliphatic rings. The van der Waals surface area contributed by atoms with Crippen molar-refractivity contribution < 1.29 is 13.0 Å². The first kappa shape index (κ1) is 16.3. The topological polar surface area (TPSA) is 53.7 Å². The molecule has 0 radical (unpaired) electrons. The molecular formula is C10H27NO3Si2. The number of nitrogens with two attached hydrogens (primary N) is 1. The van der Waals surface area contributed by atoms with Gasteiger partial charge in [0.25, 0.3) is 0 Å². The van der Waals surface area contributed by atoms with E-state index in [0.717, 1.165) is 6.42 Å². The van der Waals surface area contributed by atoms with E-state index in [1.807, 2.05) is 20.8 Å². The third-order valence-corrected chi connectivity index (χ3v) is 8.32. The van der Waals surface area contributed by atoms with Gasteiger partial charge in [0, 0.05) is 13.2 Å². The van der Waals surface area contributed by atoms with Crippen LogP contribution in [0.4, 0.5) is 0 Å². The van der Waals surface area contributed by atoms with Gasteiger partial charge in [0.05, 0.1) is 5.67 Å². The average molecular weight is 266 g/mol. The first-order valence-corrected chi connectivity index (χ1v) is 11.3. The van der Waals surface area contributed by atoms with Gasteiger partial charge < -0.3 is 18.7 Å². The largest absolute Gasteiger partial charge is 0.508 e. The van der Waals surface area contributed by atoms with Crippen molar-refractivity contribution in [1.82, 2.24) is 0 Å². The van der Waals surface area contributed by atoms with Crippen LogP contribution in [-0.4, -0.2) is 36.0 Å². The van der Waals surface area contributed by atoms with Gasteiger partial charge in [0.1, 0.15) is 0 Å². The first-order valence-electron chi connectivity index (χ1n) is 6.05. The molecule has 0 aliphatic heterocycles. The molecule has 1 atom stereocenters. The van der Waals surface area contributed by atoms with Crippen LogP contribution in [0.15, 0.2) is 0 Å². The van der Waals surface area contributed by atoms with Crippen LogP contribution < -0.4 is 5.73 Å². The van der Waals surface area contributed by atoms with Gasteiger partial charge in [0.2, 0.25) is 0 Å². The summed E-state index contributed by atoms with van der Waals surface area (Å²) in [7, 11) is -4.41. The molecule has 16 heavy (non-hydrogen) atoms. The minimum Gasteiger partial charge on any atom is -0.415 e. The molecule has 1 unspecified atom stereocenters. The molecule has 0 bridgehead atoms. The molecule has 6 heteroatoms. The van der Waals surface area contributed by atoms with E-state index in [1.54, 1.807) is 0 Å². The van der Waals surface area contributed by atoms with Gasteiger partial charge in [-0.2, -0.15) is 0 Å². The molecule has 4 nitrogen and oxygen atoms in total. The zero-order valence-electron chi connectivity index (χ0n) is 11.5. The lowest BCUT2D eigenvalue weighted by atomic mass is 10.5. The van der Waals surface area contributed by atoms with Gasteiger partial charge in [-0.25, -0.2) is 0 Å². The molecule has 0 aliphatic carbocycles. The zero-order chi connectivity index (χ0) is 12.8. The zero-order valence-corrected chi connectivity index (χ0v) is 13.5. The smallest absolute Gasteiger partial charge is 0.415 e. The van der Waals surface area contributed by atoms with Crippen LogP contribution in [0.25, 0.3) is 0 Å². The molecule has 0 heterocycles. The van der Waals surface area contributed by atoms with E-state index in [0.29, 0.717) is 13.2 Å². The maximum atomic E-state index is 6.17. The monoisotopic (exact) mass is 265 g/mol. The highest BCUT2D eigenvalue weighted by atomic mass is 28.5. The molecule has 0 aromatic carbocycles. The van der Waals surface area contributed by atoms with Crippen LogP contribution in [0.1, 0.15) is 27.2 Å². The van der Waals surface area contributed by atoms with E-state index in [1.165, 1.54) is 0 Å². The van der Waals surface area contributed by atoms with Crippen LogP contribution in [-0.2, 0) is 13.0 Å². The van der Waals surface area contributed by atoms with Crippen molar-refractivity contribution in [3.8, 4) is 0 Å². The predicted molar refractivity (Wildman–Crippen MR) is 71.7 cm³/mol. The quantitative estimate of drug-likeness (QED) is 0.683. The van der Waals surface area contributed by atoms with Crippen LogP contribution in [0.2, 0.25) is 19.6 Å². The summed E-state index contributed by atoms with van der Waals surface area (Å²) in [5, 5.41) is 0. The Morgan fingerprint density at radius 3 is 1.69 bits per heavy atom. The second kappa shape index (κ2) is 6.88. The first-order chi connectivity index (χ1) is 7.31. The number of rotatable bonds is 8. The Labute approximate surface area is 102 Å². The fourth-order valence-corrected chi connectivity index (χ4v) is 7.78. The van der Waals surface area contributed by atoms with Crippen LogP contribution >= 0.6 is 0 Å². The van der Waals surface area contributed by atoms with E-state index in [-0.39, 0.29) is 5.67 Å². The van der Waals surface area contributed by atoms with Gasteiger partial charge in [-0.1, -0.05) is 6.92 Å². The highest BCUT2D eigenvalue weighted by molar-refractivity contribution is 6.80. The highest BCUT2D eigenvalue weighted by Gasteiger charge is 2.49. The Morgan fingerprint density at radius 2 is 1.44 bits per heavy atom. The van der Waals surface area contributed by atoms with Gasteiger partial charge >= 0.3 is 8.80 Å². The second-order valence-corrected chi connectivity index (χ2v) is 12.3. The lowest BCUT2D eigenvalue weighted by molar-refractivity contribution is 0.104. The molecule has 0 saturated carbocycles. The van der Waals surface area contributed by atoms with Gasteiger partial charge in [-0.3, -0.25) is 0 Å². The Hall–Kier alpha value is 0.274. The third kappa shape index (κ3) is 5.07. The molecule has 0 fully saturated rings. The molecule has 0 aromatic heterocycles. The minimum absolute atomic E-state index is 0.126. The lowest BCUT2D eigenvalue weighted by Gasteiger charge is -2.37. The van der Waals surface area contributed by atoms with Gasteiger partial charge in [0.15, 0.2) is 8.32 Å². The third-order valence-electron chi connectivity index (χ3n) is 2.03. The SMILES string of the molecule is CCO[Si](OCC)(O[Si](C)(C)C)C(N)CC. The van der Waals surface area contributed by atoms with Crippen LogP contribution in [0.3, 0.4) is 0 Å². The van der Waals surface area contributed by atoms with Gasteiger partial charge in [-0.05, 0) is 39.9 Å². The van der Waals surface area contributed by atoms with Crippen LogP contribution in [0, 0.1) is 0 Å². The molecular weight excluding hydrogens is 238 g/mol. The summed E-state index contributed by atoms with van der Waals surface area (Å²) in [6.07, 6.45) is 0.816. The fraction of sp³-hybridized carbons (Fsp3) is 1.00. The molecule has 0 aromatic rings. The van der Waals surface area contributed by atoms with Gasteiger partial charge in [-0.15, -0.1) is 0 Å². The molecule has 0 rings (SSSR count). The summed E-state index contributed by atoms with van der Waals surface area (Å²) in [6.45, 7) is 13.5. The summed E-state index contributed by atoms with van der Waals surface area (Å²) in [6, 6.07) is 0. The number of hydrogen-bond acceptors (Lipinski definition) is 4. The maximum Gasteiger partial charge on any atom is 0.508 e. The summed E-state index contributed by atoms with van der Waals surface area (Å²) < 4.78 is 17.8. The van der Waals surface area contributed by atoms with Crippen LogP contribution in [0.5, 0.6) is 0 Å². The van der Waals surface area contributed by atoms with Crippen molar-refractivity contribution >= 4 is 17.1 Å². The van der Waals surface area contributed by atoms with Crippen molar-refractivity contribution in [3.63, 3.8) is 0 Å². The van der Waals surface area contributed by atoms with Crippen molar-refractivity contribution in [2.24, 2.45) is 5.73 Å². The number of hydrogen-bond donors (Lipinski definition) is 1. The van der Waals surface area contributed by atoms with Crippen molar-refractivity contribution in [3.05, 3.63) is 0 Å². The highest BCUT2D eigenvalue weighted by Crippen LogP contribution is 2.21. The van der Waals surface area contributed by atoms with E-state index in [4.69, 9.17) is 18.7 Å². The van der Waals surface area contributed by atoms with Crippen molar-refractivity contribution in [2.45, 2.75) is 52.5 Å². The Morgan fingerprint density at radius 1 is 1.00 bits per heavy atom. The molecule has 0 spiro atoms. The Kier molecular flexibility index (Phi) is 6.99. The summed E-state index contributed by atoms with van der Waals surface area (Å²) >= 11 is 0. The summed E-state index contributed by atoms with van der Waals surface area (Å²) in [4.78, 5) is 0. The van der Waals surface area contributed by atoms with E-state index < -0.39 is 17.1 Å². The predicted octanol–water partition coefficient (Wildman–Crippen LogP) is 2.13. The standard InChI is InChI=1S/C10H27NO3Si2/c1-7-10(11)16(12-8-2,13-9-3)14-15(4,5)6/h10H,7-9,11H2,1-6H3. The molecule has 2 N–H and O–H groups in total. The molecule has 98 valence electrons. The second-order valence-electron chi connectivity index (χ2n) is 4.70. The maximum absolute atomic E-state index is 6.17. The lowest BCUT2D eigenvalue weighted by Crippen LogP contribution is -2.63. The average Bonchev–Trinajstić information content (AvgIpc) is 2.14. The van der Waals surface area contributed by atoms with E-state index in [9.17, 15) is 0 Å². The normalized spacial score (nSPS) is 15.2. The Balaban J connectivity index is 4.92. The molecule has 0 saturated heterocycles.